The monoisotopic (exact) mass is 422 g/mol. The van der Waals surface area contributed by atoms with E-state index in [0.29, 0.717) is 11.1 Å². The molecule has 2 aromatic rings. The predicted molar refractivity (Wildman–Crippen MR) is 116 cm³/mol. The van der Waals surface area contributed by atoms with Crippen molar-refractivity contribution in [3.05, 3.63) is 40.0 Å². The first kappa shape index (κ1) is 28.2. The average molecular weight is 423 g/mol. The van der Waals surface area contributed by atoms with Gasteiger partial charge >= 0.3 is 0 Å². The van der Waals surface area contributed by atoms with Crippen molar-refractivity contribution >= 4 is 18.0 Å². The summed E-state index contributed by atoms with van der Waals surface area (Å²) in [6.07, 6.45) is -2.57. The summed E-state index contributed by atoms with van der Waals surface area (Å²) in [7, 11) is 0. The zero-order chi connectivity index (χ0) is 23.0. The summed E-state index contributed by atoms with van der Waals surface area (Å²) in [5, 5.41) is 18.5. The maximum Gasteiger partial charge on any atom is 0.272 e. The number of nitrogen functional groups attached to an aromatic ring is 1. The molecule has 0 aliphatic heterocycles. The number of nitrogens with zero attached hydrogens (tertiary/aromatic N) is 2. The van der Waals surface area contributed by atoms with Gasteiger partial charge < -0.3 is 15.5 Å². The Labute approximate surface area is 176 Å². The number of halogens is 2. The second kappa shape index (κ2) is 16.0. The van der Waals surface area contributed by atoms with Crippen molar-refractivity contribution in [1.82, 2.24) is 4.98 Å². The average Bonchev–Trinajstić information content (AvgIpc) is 2.76. The van der Waals surface area contributed by atoms with Crippen LogP contribution in [0.3, 0.4) is 0 Å². The molecule has 0 aliphatic carbocycles. The number of nitrogens with one attached hydrogen (secondary N) is 1. The first-order chi connectivity index (χ1) is 14.0. The normalized spacial score (nSPS) is 8.66. The quantitative estimate of drug-likeness (QED) is 0.551. The van der Waals surface area contributed by atoms with Crippen LogP contribution in [-0.2, 0) is 0 Å². The minimum absolute atomic E-state index is 0.0597. The van der Waals surface area contributed by atoms with E-state index in [1.54, 1.807) is 12.1 Å². The van der Waals surface area contributed by atoms with E-state index in [2.05, 4.69) is 4.98 Å². The highest BCUT2D eigenvalue weighted by molar-refractivity contribution is 7.71. The molecule has 2 rings (SSSR count). The summed E-state index contributed by atoms with van der Waals surface area (Å²) in [5.41, 5.74) is 6.76. The third kappa shape index (κ3) is 8.28. The first-order valence-corrected chi connectivity index (χ1v) is 9.76. The summed E-state index contributed by atoms with van der Waals surface area (Å²) in [6.45, 7) is 11.3. The summed E-state index contributed by atoms with van der Waals surface area (Å²) >= 11 is 5.05. The Morgan fingerprint density at radius 2 is 1.48 bits per heavy atom. The molecule has 0 spiro atoms. The molecule has 0 unspecified atom stereocenters. The van der Waals surface area contributed by atoms with Crippen LogP contribution in [0.1, 0.15) is 52.7 Å². The largest absolute Gasteiger partial charge is 0.488 e. The molecule has 0 fully saturated rings. The Morgan fingerprint density at radius 3 is 1.90 bits per heavy atom. The lowest BCUT2D eigenvalue weighted by atomic mass is 9.97. The Bertz CT molecular complexity index is 866. The molecule has 158 valence electrons. The lowest BCUT2D eigenvalue weighted by Crippen LogP contribution is -2.06. The van der Waals surface area contributed by atoms with E-state index in [1.165, 1.54) is 12.1 Å². The van der Waals surface area contributed by atoms with Gasteiger partial charge in [-0.15, -0.1) is 0 Å². The fourth-order valence-corrected chi connectivity index (χ4v) is 2.27. The van der Waals surface area contributed by atoms with Gasteiger partial charge in [0, 0.05) is 5.56 Å². The minimum atomic E-state index is -2.57. The van der Waals surface area contributed by atoms with Crippen molar-refractivity contribution < 1.29 is 13.5 Å². The van der Waals surface area contributed by atoms with Crippen LogP contribution in [0.4, 0.5) is 14.6 Å². The summed E-state index contributed by atoms with van der Waals surface area (Å²) in [4.78, 5) is 2.60. The number of alkyl halides is 2. The van der Waals surface area contributed by atoms with Crippen LogP contribution in [0, 0.1) is 27.3 Å². The molecule has 0 saturated carbocycles. The Morgan fingerprint density at radius 1 is 1.00 bits per heavy atom. The number of hydrogen-bond donors (Lipinski definition) is 2. The molecular weight excluding hydrogens is 394 g/mol. The first-order valence-electron chi connectivity index (χ1n) is 9.35. The molecule has 1 aromatic carbocycles. The molecule has 0 atom stereocenters. The van der Waals surface area contributed by atoms with Gasteiger partial charge in [-0.05, 0) is 17.7 Å². The number of rotatable bonds is 4. The Kier molecular flexibility index (Phi) is 15.6. The highest BCUT2D eigenvalue weighted by Gasteiger charge is 2.16. The summed E-state index contributed by atoms with van der Waals surface area (Å²) < 4.78 is 29.3. The van der Waals surface area contributed by atoms with Gasteiger partial charge in [-0.2, -0.15) is 10.5 Å². The zero-order valence-electron chi connectivity index (χ0n) is 17.6. The van der Waals surface area contributed by atoms with Crippen molar-refractivity contribution in [2.45, 2.75) is 48.0 Å². The van der Waals surface area contributed by atoms with Gasteiger partial charge in [0.05, 0.1) is 5.56 Å². The molecule has 5 nitrogen and oxygen atoms in total. The van der Waals surface area contributed by atoms with Crippen molar-refractivity contribution in [2.24, 2.45) is 0 Å². The van der Waals surface area contributed by atoms with Crippen molar-refractivity contribution in [1.29, 1.82) is 10.5 Å². The van der Waals surface area contributed by atoms with Gasteiger partial charge in [-0.25, -0.2) is 8.78 Å². The number of pyridine rings is 1. The van der Waals surface area contributed by atoms with Crippen molar-refractivity contribution in [2.75, 3.05) is 12.3 Å². The van der Waals surface area contributed by atoms with E-state index in [0.717, 1.165) is 0 Å². The highest BCUT2D eigenvalue weighted by Crippen LogP contribution is 2.31. The second-order valence-corrected chi connectivity index (χ2v) is 4.85. The SMILES string of the molecule is CC.CC.CC.N#Cc1c(N)[nH]c(=S)c(C#N)c1-c1ccc(OCC(F)F)cc1. The number of H-pyrrole nitrogens is 1. The van der Waals surface area contributed by atoms with E-state index in [4.69, 9.17) is 22.7 Å². The van der Waals surface area contributed by atoms with Gasteiger partial charge in [-0.3, -0.25) is 0 Å². The van der Waals surface area contributed by atoms with E-state index >= 15 is 0 Å². The number of nitrogens with two attached hydrogens (primary N) is 1. The fraction of sp³-hybridized carbons (Fsp3) is 0.381. The maximum atomic E-state index is 12.1. The topological polar surface area (TPSA) is 98.6 Å². The van der Waals surface area contributed by atoms with Gasteiger partial charge in [-0.1, -0.05) is 65.9 Å². The number of aromatic nitrogens is 1. The lowest BCUT2D eigenvalue weighted by molar-refractivity contribution is 0.0819. The predicted octanol–water partition coefficient (Wildman–Crippen LogP) is 6.46. The van der Waals surface area contributed by atoms with Crippen LogP contribution in [-0.4, -0.2) is 18.0 Å². The van der Waals surface area contributed by atoms with Gasteiger partial charge in [0.2, 0.25) is 0 Å². The third-order valence-electron chi connectivity index (χ3n) is 2.99. The fourth-order valence-electron chi connectivity index (χ4n) is 2.01. The van der Waals surface area contributed by atoms with E-state index in [-0.39, 0.29) is 27.3 Å². The second-order valence-electron chi connectivity index (χ2n) is 4.44. The molecule has 0 bridgehead atoms. The molecular formula is C21H28F2N4OS. The molecule has 8 heteroatoms. The molecule has 29 heavy (non-hydrogen) atoms. The van der Waals surface area contributed by atoms with Crippen LogP contribution in [0.5, 0.6) is 5.75 Å². The Hall–Kier alpha value is -2.97. The van der Waals surface area contributed by atoms with E-state index < -0.39 is 13.0 Å². The zero-order valence-corrected chi connectivity index (χ0v) is 18.5. The van der Waals surface area contributed by atoms with Gasteiger partial charge in [0.15, 0.2) is 0 Å². The molecule has 1 heterocycles. The van der Waals surface area contributed by atoms with E-state index in [1.807, 2.05) is 53.7 Å². The molecule has 3 N–H and O–H groups in total. The van der Waals surface area contributed by atoms with Crippen LogP contribution >= 0.6 is 12.2 Å². The van der Waals surface area contributed by atoms with E-state index in [9.17, 15) is 19.3 Å². The number of benzene rings is 1. The number of hydrogen-bond acceptors (Lipinski definition) is 5. The number of nitriles is 2. The minimum Gasteiger partial charge on any atom is -0.488 e. The molecule has 0 radical (unpaired) electrons. The maximum absolute atomic E-state index is 12.1. The summed E-state index contributed by atoms with van der Waals surface area (Å²) in [6, 6.07) is 9.91. The van der Waals surface area contributed by atoms with Crippen LogP contribution in [0.15, 0.2) is 24.3 Å². The number of aromatic amines is 1. The smallest absolute Gasteiger partial charge is 0.272 e. The highest BCUT2D eigenvalue weighted by atomic mass is 32.1. The molecule has 0 saturated heterocycles. The lowest BCUT2D eigenvalue weighted by Gasteiger charge is -2.11. The molecule has 0 amide bonds. The Balaban J connectivity index is 0. The van der Waals surface area contributed by atoms with Crippen LogP contribution in [0.25, 0.3) is 11.1 Å². The molecule has 1 aromatic heterocycles. The number of ether oxygens (including phenoxy) is 1. The van der Waals surface area contributed by atoms with Gasteiger partial charge in [0.1, 0.15) is 40.5 Å². The van der Waals surface area contributed by atoms with Gasteiger partial charge in [0.25, 0.3) is 6.43 Å². The van der Waals surface area contributed by atoms with Crippen LogP contribution < -0.4 is 10.5 Å². The third-order valence-corrected chi connectivity index (χ3v) is 3.29. The standard InChI is InChI=1S/C15H10F2N4OS.3C2H6/c16-12(17)7-22-9-3-1-8(2-4-9)13-10(5-18)14(20)21-15(23)11(13)6-19;3*1-2/h1-4,12H,7H2,(H3,20,21,23);3*1-2H3. The summed E-state index contributed by atoms with van der Waals surface area (Å²) in [5.74, 6) is 0.310. The van der Waals surface area contributed by atoms with Crippen molar-refractivity contribution in [3.8, 4) is 29.0 Å². The molecule has 0 aliphatic rings. The van der Waals surface area contributed by atoms with Crippen LogP contribution in [0.2, 0.25) is 0 Å². The number of anilines is 1. The van der Waals surface area contributed by atoms with Crippen molar-refractivity contribution in [3.63, 3.8) is 0 Å².